The van der Waals surface area contributed by atoms with Gasteiger partial charge in [0.1, 0.15) is 0 Å². The first-order valence-corrected chi connectivity index (χ1v) is 7.23. The van der Waals surface area contributed by atoms with Gasteiger partial charge in [0.15, 0.2) is 0 Å². The summed E-state index contributed by atoms with van der Waals surface area (Å²) < 4.78 is 24.5. The van der Waals surface area contributed by atoms with Crippen molar-refractivity contribution in [2.45, 2.75) is 13.5 Å². The van der Waals surface area contributed by atoms with Gasteiger partial charge >= 0.3 is 6.09 Å². The summed E-state index contributed by atoms with van der Waals surface area (Å²) in [5.74, 6) is 0. The van der Waals surface area contributed by atoms with Gasteiger partial charge in [0.25, 0.3) is 0 Å². The molecule has 18 heavy (non-hydrogen) atoms. The summed E-state index contributed by atoms with van der Waals surface area (Å²) in [6.07, 6.45) is -0.0232. The van der Waals surface area contributed by atoms with Crippen LogP contribution in [0.1, 0.15) is 12.5 Å². The minimum absolute atomic E-state index is 0.0670. The molecule has 0 saturated heterocycles. The second-order valence-corrected chi connectivity index (χ2v) is 5.62. The maximum atomic E-state index is 11.6. The maximum absolute atomic E-state index is 11.6. The molecule has 100 valence electrons. The van der Waals surface area contributed by atoms with E-state index in [1.807, 2.05) is 0 Å². The van der Waals surface area contributed by atoms with Crippen molar-refractivity contribution in [3.05, 3.63) is 29.8 Å². The lowest BCUT2D eigenvalue weighted by Crippen LogP contribution is -2.31. The van der Waals surface area contributed by atoms with Crippen molar-refractivity contribution in [3.8, 4) is 0 Å². The van der Waals surface area contributed by atoms with Gasteiger partial charge in [-0.05, 0) is 18.6 Å². The largest absolute Gasteiger partial charge is 0.465 e. The predicted molar refractivity (Wildman–Crippen MR) is 69.2 cm³/mol. The third-order valence-electron chi connectivity index (χ3n) is 2.38. The molecule has 0 aromatic heterocycles. The molecule has 0 aliphatic heterocycles. The molecular formula is C11H16N2O4S. The van der Waals surface area contributed by atoms with Gasteiger partial charge in [-0.15, -0.1) is 0 Å². The number of nitrogens with zero attached hydrogens (tertiary/aromatic N) is 1. The van der Waals surface area contributed by atoms with Crippen molar-refractivity contribution >= 4 is 21.8 Å². The lowest BCUT2D eigenvalue weighted by atomic mass is 10.2. The van der Waals surface area contributed by atoms with Crippen molar-refractivity contribution < 1.29 is 18.3 Å². The van der Waals surface area contributed by atoms with E-state index in [9.17, 15) is 13.2 Å². The second kappa shape index (κ2) is 5.72. The highest BCUT2D eigenvalue weighted by atomic mass is 32.2. The molecule has 0 heterocycles. The molecule has 1 aromatic carbocycles. The molecule has 0 radical (unpaired) electrons. The topological polar surface area (TPSA) is 86.7 Å². The Morgan fingerprint density at radius 3 is 2.50 bits per heavy atom. The Labute approximate surface area is 106 Å². The van der Waals surface area contributed by atoms with Gasteiger partial charge in [-0.25, -0.2) is 13.2 Å². The molecule has 0 unspecified atom stereocenters. The SMILES string of the molecule is CCN(c1ccccc1CNC(=O)O)S(C)(=O)=O. The number of sulfonamides is 1. The number of amides is 1. The summed E-state index contributed by atoms with van der Waals surface area (Å²) >= 11 is 0. The second-order valence-electron chi connectivity index (χ2n) is 3.72. The highest BCUT2D eigenvalue weighted by Crippen LogP contribution is 2.22. The van der Waals surface area contributed by atoms with Crippen molar-refractivity contribution in [2.24, 2.45) is 0 Å². The highest BCUT2D eigenvalue weighted by Gasteiger charge is 2.18. The van der Waals surface area contributed by atoms with Gasteiger partial charge in [0, 0.05) is 13.1 Å². The average molecular weight is 272 g/mol. The first-order valence-electron chi connectivity index (χ1n) is 5.38. The van der Waals surface area contributed by atoms with Gasteiger partial charge in [0.05, 0.1) is 11.9 Å². The van der Waals surface area contributed by atoms with Crippen LogP contribution in [0.4, 0.5) is 10.5 Å². The Kier molecular flexibility index (Phi) is 4.55. The number of hydrogen-bond donors (Lipinski definition) is 2. The number of benzene rings is 1. The fraction of sp³-hybridized carbons (Fsp3) is 0.364. The van der Waals surface area contributed by atoms with Gasteiger partial charge in [0.2, 0.25) is 10.0 Å². The first kappa shape index (κ1) is 14.3. The number of carboxylic acid groups (broad SMARTS) is 1. The standard InChI is InChI=1S/C11H16N2O4S/c1-3-13(18(2,16)17)10-7-5-4-6-9(10)8-12-11(14)15/h4-7,12H,3,8H2,1-2H3,(H,14,15). The number of para-hydroxylation sites is 1. The van der Waals surface area contributed by atoms with Crippen molar-refractivity contribution in [1.29, 1.82) is 0 Å². The zero-order valence-electron chi connectivity index (χ0n) is 10.3. The predicted octanol–water partition coefficient (Wildman–Crippen LogP) is 1.24. The molecule has 0 fully saturated rings. The zero-order valence-corrected chi connectivity index (χ0v) is 11.1. The Balaban J connectivity index is 3.11. The van der Waals surface area contributed by atoms with E-state index >= 15 is 0 Å². The van der Waals surface area contributed by atoms with E-state index < -0.39 is 16.1 Å². The van der Waals surface area contributed by atoms with E-state index in [1.165, 1.54) is 4.31 Å². The highest BCUT2D eigenvalue weighted by molar-refractivity contribution is 7.92. The van der Waals surface area contributed by atoms with Gasteiger partial charge < -0.3 is 10.4 Å². The van der Waals surface area contributed by atoms with Crippen LogP contribution in [0.5, 0.6) is 0 Å². The van der Waals surface area contributed by atoms with Gasteiger partial charge in [-0.3, -0.25) is 4.31 Å². The fourth-order valence-electron chi connectivity index (χ4n) is 1.66. The summed E-state index contributed by atoms with van der Waals surface area (Å²) in [5.41, 5.74) is 1.11. The van der Waals surface area contributed by atoms with Crippen LogP contribution in [0, 0.1) is 0 Å². The third-order valence-corrected chi connectivity index (χ3v) is 3.63. The number of rotatable bonds is 5. The lowest BCUT2D eigenvalue weighted by Gasteiger charge is -2.23. The van der Waals surface area contributed by atoms with Crippen molar-refractivity contribution in [2.75, 3.05) is 17.1 Å². The van der Waals surface area contributed by atoms with Crippen molar-refractivity contribution in [3.63, 3.8) is 0 Å². The average Bonchev–Trinajstić information content (AvgIpc) is 2.26. The number of hydrogen-bond acceptors (Lipinski definition) is 3. The van der Waals surface area contributed by atoms with Gasteiger partial charge in [-0.2, -0.15) is 0 Å². The number of anilines is 1. The summed E-state index contributed by atoms with van der Waals surface area (Å²) in [4.78, 5) is 10.5. The van der Waals surface area contributed by atoms with Crippen LogP contribution in [0.3, 0.4) is 0 Å². The smallest absolute Gasteiger partial charge is 0.404 e. The number of carbonyl (C=O) groups is 1. The third kappa shape index (κ3) is 3.63. The molecular weight excluding hydrogens is 256 g/mol. The van der Waals surface area contributed by atoms with E-state index in [0.29, 0.717) is 17.8 Å². The normalized spacial score (nSPS) is 11.0. The summed E-state index contributed by atoms with van der Waals surface area (Å²) in [5, 5.41) is 10.8. The quantitative estimate of drug-likeness (QED) is 0.844. The maximum Gasteiger partial charge on any atom is 0.404 e. The molecule has 0 saturated carbocycles. The van der Waals surface area contributed by atoms with Crippen LogP contribution in [0.25, 0.3) is 0 Å². The Morgan fingerprint density at radius 2 is 2.00 bits per heavy atom. The molecule has 1 aromatic rings. The van der Waals surface area contributed by atoms with E-state index in [2.05, 4.69) is 5.32 Å². The molecule has 1 amide bonds. The van der Waals surface area contributed by atoms with Gasteiger partial charge in [-0.1, -0.05) is 18.2 Å². The molecule has 2 N–H and O–H groups in total. The van der Waals surface area contributed by atoms with E-state index in [4.69, 9.17) is 5.11 Å². The molecule has 7 heteroatoms. The Morgan fingerprint density at radius 1 is 1.39 bits per heavy atom. The molecule has 6 nitrogen and oxygen atoms in total. The lowest BCUT2D eigenvalue weighted by molar-refractivity contribution is 0.194. The van der Waals surface area contributed by atoms with Crippen LogP contribution >= 0.6 is 0 Å². The van der Waals surface area contributed by atoms with E-state index in [1.54, 1.807) is 31.2 Å². The molecule has 0 atom stereocenters. The van der Waals surface area contributed by atoms with Crippen LogP contribution in [0.15, 0.2) is 24.3 Å². The molecule has 0 bridgehead atoms. The molecule has 0 aliphatic rings. The minimum Gasteiger partial charge on any atom is -0.465 e. The summed E-state index contributed by atoms with van der Waals surface area (Å²) in [7, 11) is -3.37. The first-order chi connectivity index (χ1) is 8.36. The molecule has 0 spiro atoms. The van der Waals surface area contributed by atoms with Crippen LogP contribution < -0.4 is 9.62 Å². The molecule has 0 aliphatic carbocycles. The minimum atomic E-state index is -3.37. The molecule has 1 rings (SSSR count). The number of nitrogens with one attached hydrogen (secondary N) is 1. The Hall–Kier alpha value is -1.76. The summed E-state index contributed by atoms with van der Waals surface area (Å²) in [6.45, 7) is 2.09. The Bertz CT molecular complexity index is 528. The van der Waals surface area contributed by atoms with Crippen molar-refractivity contribution in [1.82, 2.24) is 5.32 Å². The van der Waals surface area contributed by atoms with Crippen LogP contribution in [-0.4, -0.2) is 32.4 Å². The zero-order chi connectivity index (χ0) is 13.8. The van der Waals surface area contributed by atoms with E-state index in [0.717, 1.165) is 6.26 Å². The van der Waals surface area contributed by atoms with Crippen LogP contribution in [0.2, 0.25) is 0 Å². The fourth-order valence-corrected chi connectivity index (χ4v) is 2.66. The monoisotopic (exact) mass is 272 g/mol. The van der Waals surface area contributed by atoms with E-state index in [-0.39, 0.29) is 6.54 Å². The summed E-state index contributed by atoms with van der Waals surface area (Å²) in [6, 6.07) is 6.80. The van der Waals surface area contributed by atoms with Crippen LogP contribution in [-0.2, 0) is 16.6 Å².